The highest BCUT2D eigenvalue weighted by Crippen LogP contribution is 2.28. The fourth-order valence-electron chi connectivity index (χ4n) is 2.22. The van der Waals surface area contributed by atoms with Crippen molar-refractivity contribution in [2.45, 2.75) is 6.54 Å². The van der Waals surface area contributed by atoms with Crippen LogP contribution in [0.4, 0.5) is 0 Å². The van der Waals surface area contributed by atoms with Crippen molar-refractivity contribution in [1.29, 1.82) is 0 Å². The first-order chi connectivity index (χ1) is 10.2. The Morgan fingerprint density at radius 3 is 3.24 bits per heavy atom. The number of hydrogen-bond donors (Lipinski definition) is 1. The van der Waals surface area contributed by atoms with Crippen molar-refractivity contribution >= 4 is 43.9 Å². The summed E-state index contributed by atoms with van der Waals surface area (Å²) in [5.41, 5.74) is 0.992. The van der Waals surface area contributed by atoms with E-state index in [9.17, 15) is 4.79 Å². The van der Waals surface area contributed by atoms with Crippen LogP contribution in [0, 0.1) is 0 Å². The Morgan fingerprint density at radius 2 is 2.43 bits per heavy atom. The van der Waals surface area contributed by atoms with E-state index in [2.05, 4.69) is 15.0 Å². The van der Waals surface area contributed by atoms with Gasteiger partial charge in [-0.25, -0.2) is 9.97 Å². The minimum Gasteiger partial charge on any atom is -0.347 e. The smallest absolute Gasteiger partial charge is 0.264 e. The number of rotatable bonds is 3. The molecule has 4 rings (SSSR count). The number of carbonyl (C=O) groups excluding carboxylic acids is 1. The van der Waals surface area contributed by atoms with E-state index in [0.29, 0.717) is 11.4 Å². The van der Waals surface area contributed by atoms with E-state index in [0.717, 1.165) is 21.1 Å². The number of H-pyrrole nitrogens is 1. The maximum Gasteiger partial charge on any atom is 0.264 e. The topological polar surface area (TPSA) is 66.3 Å². The molecule has 21 heavy (non-hydrogen) atoms. The van der Waals surface area contributed by atoms with Gasteiger partial charge in [-0.15, -0.1) is 22.7 Å². The highest BCUT2D eigenvalue weighted by molar-refractivity contribution is 7.21. The number of imidazole rings is 2. The summed E-state index contributed by atoms with van der Waals surface area (Å²) in [7, 11) is 1.77. The van der Waals surface area contributed by atoms with Crippen molar-refractivity contribution in [1.82, 2.24) is 24.3 Å². The van der Waals surface area contributed by atoms with E-state index >= 15 is 0 Å². The third-order valence-corrected chi connectivity index (χ3v) is 5.00. The second-order valence-corrected chi connectivity index (χ2v) is 6.57. The first kappa shape index (κ1) is 12.5. The van der Waals surface area contributed by atoms with Crippen molar-refractivity contribution in [3.8, 4) is 0 Å². The Kier molecular flexibility index (Phi) is 2.79. The van der Waals surface area contributed by atoms with E-state index in [1.165, 1.54) is 11.3 Å². The summed E-state index contributed by atoms with van der Waals surface area (Å²) < 4.78 is 2.01. The molecule has 0 fully saturated rings. The zero-order valence-electron chi connectivity index (χ0n) is 11.1. The van der Waals surface area contributed by atoms with Gasteiger partial charge in [0, 0.05) is 31.0 Å². The summed E-state index contributed by atoms with van der Waals surface area (Å²) in [5.74, 6) is 0.757. The molecule has 4 aromatic rings. The monoisotopic (exact) mass is 317 g/mol. The number of hydrogen-bond acceptors (Lipinski definition) is 5. The molecule has 0 aliphatic rings. The summed E-state index contributed by atoms with van der Waals surface area (Å²) in [4.78, 5) is 28.3. The number of nitrogens with one attached hydrogen (secondary N) is 1. The number of thiophene rings is 1. The van der Waals surface area contributed by atoms with Gasteiger partial charge in [-0.3, -0.25) is 9.20 Å². The molecule has 0 aliphatic heterocycles. The van der Waals surface area contributed by atoms with E-state index in [1.807, 2.05) is 22.0 Å². The molecule has 1 N–H and O–H groups in total. The lowest BCUT2D eigenvalue weighted by Crippen LogP contribution is -2.25. The lowest BCUT2D eigenvalue weighted by Gasteiger charge is -2.14. The fourth-order valence-corrected chi connectivity index (χ4v) is 4.02. The third kappa shape index (κ3) is 2.03. The number of fused-ring (bicyclic) bond motifs is 3. The van der Waals surface area contributed by atoms with Crippen LogP contribution in [0.15, 0.2) is 30.0 Å². The second kappa shape index (κ2) is 4.68. The molecule has 4 heterocycles. The van der Waals surface area contributed by atoms with Crippen LogP contribution in [-0.4, -0.2) is 37.2 Å². The minimum atomic E-state index is -0.0154. The maximum absolute atomic E-state index is 12.5. The molecule has 106 valence electrons. The molecule has 0 aromatic carbocycles. The van der Waals surface area contributed by atoms with Crippen molar-refractivity contribution in [2.75, 3.05) is 7.05 Å². The first-order valence-corrected chi connectivity index (χ1v) is 8.01. The predicted molar refractivity (Wildman–Crippen MR) is 82.8 cm³/mol. The molecule has 4 aromatic heterocycles. The predicted octanol–water partition coefficient (Wildman–Crippen LogP) is 2.61. The molecule has 0 saturated heterocycles. The molecule has 6 nitrogen and oxygen atoms in total. The third-order valence-electron chi connectivity index (χ3n) is 3.24. The molecule has 0 atom stereocenters. The molecule has 1 amide bonds. The van der Waals surface area contributed by atoms with E-state index in [4.69, 9.17) is 0 Å². The van der Waals surface area contributed by atoms with E-state index in [-0.39, 0.29) is 5.91 Å². The van der Waals surface area contributed by atoms with Crippen LogP contribution in [0.2, 0.25) is 0 Å². The van der Waals surface area contributed by atoms with Crippen LogP contribution < -0.4 is 0 Å². The van der Waals surface area contributed by atoms with Crippen LogP contribution in [0.1, 0.15) is 15.5 Å². The largest absolute Gasteiger partial charge is 0.347 e. The average molecular weight is 317 g/mol. The highest BCUT2D eigenvalue weighted by Gasteiger charge is 2.18. The van der Waals surface area contributed by atoms with Crippen LogP contribution in [-0.2, 0) is 6.54 Å². The molecule has 0 bridgehead atoms. The molecule has 8 heteroatoms. The second-order valence-electron chi connectivity index (χ2n) is 4.67. The summed E-state index contributed by atoms with van der Waals surface area (Å²) in [5, 5.41) is 1.99. The zero-order chi connectivity index (χ0) is 14.4. The van der Waals surface area contributed by atoms with Gasteiger partial charge in [-0.1, -0.05) is 0 Å². The quantitative estimate of drug-likeness (QED) is 0.631. The average Bonchev–Trinajstić information content (AvgIpc) is 3.18. The van der Waals surface area contributed by atoms with Gasteiger partial charge < -0.3 is 9.88 Å². The van der Waals surface area contributed by atoms with Crippen molar-refractivity contribution in [3.63, 3.8) is 0 Å². The van der Waals surface area contributed by atoms with Gasteiger partial charge in [0.25, 0.3) is 5.91 Å². The summed E-state index contributed by atoms with van der Waals surface area (Å²) in [6.45, 7) is 0.461. The SMILES string of the molecule is CN(Cc1ncc[nH]1)C(=O)c1cc2c(nc3sccn32)s1. The van der Waals surface area contributed by atoms with Gasteiger partial charge in [0.05, 0.1) is 16.9 Å². The summed E-state index contributed by atoms with van der Waals surface area (Å²) in [6.07, 6.45) is 5.41. The van der Waals surface area contributed by atoms with Gasteiger partial charge in [-0.05, 0) is 6.07 Å². The van der Waals surface area contributed by atoms with E-state index < -0.39 is 0 Å². The summed E-state index contributed by atoms with van der Waals surface area (Å²) in [6, 6.07) is 1.91. The van der Waals surface area contributed by atoms with Gasteiger partial charge in [0.2, 0.25) is 0 Å². The number of amides is 1. The van der Waals surface area contributed by atoms with Gasteiger partial charge in [0.15, 0.2) is 4.96 Å². The fraction of sp³-hybridized carbons (Fsp3) is 0.154. The number of aromatic amines is 1. The lowest BCUT2D eigenvalue weighted by atomic mass is 10.4. The van der Waals surface area contributed by atoms with Crippen LogP contribution in [0.5, 0.6) is 0 Å². The maximum atomic E-state index is 12.5. The Balaban J connectivity index is 1.65. The Morgan fingerprint density at radius 1 is 1.52 bits per heavy atom. The van der Waals surface area contributed by atoms with Crippen molar-refractivity contribution in [2.24, 2.45) is 0 Å². The number of carbonyl (C=O) groups is 1. The molecular weight excluding hydrogens is 306 g/mol. The Bertz CT molecular complexity index is 917. The molecular formula is C13H11N5OS2. The van der Waals surface area contributed by atoms with Crippen LogP contribution >= 0.6 is 22.7 Å². The van der Waals surface area contributed by atoms with Crippen LogP contribution in [0.25, 0.3) is 15.3 Å². The van der Waals surface area contributed by atoms with Crippen LogP contribution in [0.3, 0.4) is 0 Å². The highest BCUT2D eigenvalue weighted by atomic mass is 32.1. The molecule has 0 saturated carbocycles. The molecule has 0 spiro atoms. The standard InChI is InChI=1S/C13H11N5OS2/c1-17(7-10-14-2-3-15-10)12(19)9-6-8-11(21-9)16-13-18(8)4-5-20-13/h2-6H,7H2,1H3,(H,14,15). The number of nitrogens with zero attached hydrogens (tertiary/aromatic N) is 4. The lowest BCUT2D eigenvalue weighted by molar-refractivity contribution is 0.0786. The van der Waals surface area contributed by atoms with Gasteiger partial charge in [0.1, 0.15) is 10.7 Å². The number of thiazole rings is 1. The Hall–Kier alpha value is -2.19. The molecule has 0 radical (unpaired) electrons. The Labute approximate surface area is 127 Å². The first-order valence-electron chi connectivity index (χ1n) is 6.31. The summed E-state index contributed by atoms with van der Waals surface area (Å²) >= 11 is 3.02. The van der Waals surface area contributed by atoms with Crippen molar-refractivity contribution < 1.29 is 4.79 Å². The molecule has 0 unspecified atom stereocenters. The van der Waals surface area contributed by atoms with E-state index in [1.54, 1.807) is 35.7 Å². The number of aromatic nitrogens is 4. The minimum absolute atomic E-state index is 0.0154. The van der Waals surface area contributed by atoms with Gasteiger partial charge in [-0.2, -0.15) is 0 Å². The zero-order valence-corrected chi connectivity index (χ0v) is 12.7. The van der Waals surface area contributed by atoms with Crippen molar-refractivity contribution in [3.05, 3.63) is 40.7 Å². The molecule has 0 aliphatic carbocycles. The normalized spacial score (nSPS) is 11.5. The van der Waals surface area contributed by atoms with Gasteiger partial charge >= 0.3 is 0 Å².